The van der Waals surface area contributed by atoms with Crippen LogP contribution in [0, 0.1) is 20.8 Å². The van der Waals surface area contributed by atoms with Crippen molar-refractivity contribution < 1.29 is 0 Å². The smallest absolute Gasteiger partial charge is 0.192 e. The predicted octanol–water partition coefficient (Wildman–Crippen LogP) is 3.74. The Morgan fingerprint density at radius 2 is 1.70 bits per heavy atom. The van der Waals surface area contributed by atoms with Gasteiger partial charge in [0.1, 0.15) is 0 Å². The van der Waals surface area contributed by atoms with Crippen molar-refractivity contribution >= 4 is 39.0 Å². The minimum absolute atomic E-state index is 0.723. The molecule has 20 heavy (non-hydrogen) atoms. The number of hydrogen-bond acceptors (Lipinski definition) is 6. The molecule has 0 bridgehead atoms. The molecule has 2 aromatic heterocycles. The fourth-order valence-electron chi connectivity index (χ4n) is 2.01. The van der Waals surface area contributed by atoms with Crippen LogP contribution >= 0.6 is 23.1 Å². The van der Waals surface area contributed by atoms with E-state index in [1.54, 1.807) is 11.3 Å². The van der Waals surface area contributed by atoms with Gasteiger partial charge in [0, 0.05) is 22.0 Å². The van der Waals surface area contributed by atoms with Gasteiger partial charge in [-0.2, -0.15) is 0 Å². The summed E-state index contributed by atoms with van der Waals surface area (Å²) in [6.45, 7) is 5.94. The van der Waals surface area contributed by atoms with Crippen LogP contribution in [0.1, 0.15) is 16.4 Å². The number of benzene rings is 1. The largest absolute Gasteiger partial charge is 0.398 e. The van der Waals surface area contributed by atoms with Crippen molar-refractivity contribution in [1.29, 1.82) is 0 Å². The number of nitrogen functional groups attached to an aromatic ring is 1. The summed E-state index contributed by atoms with van der Waals surface area (Å²) in [6.07, 6.45) is 0. The predicted molar refractivity (Wildman–Crippen MR) is 84.4 cm³/mol. The molecule has 1 aromatic carbocycles. The van der Waals surface area contributed by atoms with Crippen LogP contribution in [0.4, 0.5) is 5.69 Å². The molecule has 102 valence electrons. The van der Waals surface area contributed by atoms with Crippen molar-refractivity contribution in [3.8, 4) is 0 Å². The first-order valence-corrected chi connectivity index (χ1v) is 7.81. The van der Waals surface area contributed by atoms with E-state index in [0.29, 0.717) is 0 Å². The lowest BCUT2D eigenvalue weighted by atomic mass is 10.3. The number of aryl methyl sites for hydroxylation is 3. The van der Waals surface area contributed by atoms with E-state index in [4.69, 9.17) is 5.73 Å². The summed E-state index contributed by atoms with van der Waals surface area (Å²) in [5.74, 6) is 0. The van der Waals surface area contributed by atoms with Crippen LogP contribution in [0.25, 0.3) is 10.2 Å². The number of thiazole rings is 1. The molecule has 0 radical (unpaired) electrons. The van der Waals surface area contributed by atoms with Crippen LogP contribution in [0.15, 0.2) is 28.3 Å². The molecular formula is C14H14N4S2. The molecule has 0 aliphatic heterocycles. The van der Waals surface area contributed by atoms with Crippen molar-refractivity contribution in [2.24, 2.45) is 0 Å². The molecule has 0 atom stereocenters. The van der Waals surface area contributed by atoms with Crippen molar-refractivity contribution in [1.82, 2.24) is 15.0 Å². The van der Waals surface area contributed by atoms with E-state index in [1.807, 2.05) is 39.0 Å². The Morgan fingerprint density at radius 1 is 1.00 bits per heavy atom. The summed E-state index contributed by atoms with van der Waals surface area (Å²) in [4.78, 5) is 14.3. The summed E-state index contributed by atoms with van der Waals surface area (Å²) >= 11 is 3.14. The topological polar surface area (TPSA) is 64.7 Å². The molecule has 4 nitrogen and oxygen atoms in total. The Hall–Kier alpha value is -1.66. The third-order valence-corrected chi connectivity index (χ3v) is 4.66. The van der Waals surface area contributed by atoms with Gasteiger partial charge >= 0.3 is 0 Å². The molecule has 0 amide bonds. The summed E-state index contributed by atoms with van der Waals surface area (Å²) in [5, 5.41) is 1.77. The van der Waals surface area contributed by atoms with Crippen LogP contribution in [0.5, 0.6) is 0 Å². The van der Waals surface area contributed by atoms with Crippen molar-refractivity contribution in [3.05, 3.63) is 34.6 Å². The number of hydrogen-bond donors (Lipinski definition) is 1. The molecule has 0 aliphatic rings. The Bertz CT molecular complexity index is 775. The van der Waals surface area contributed by atoms with Crippen LogP contribution in [-0.4, -0.2) is 15.0 Å². The molecule has 3 rings (SSSR count). The normalized spacial score (nSPS) is 11.2. The van der Waals surface area contributed by atoms with Crippen LogP contribution in [-0.2, 0) is 0 Å². The number of nitrogens with two attached hydrogens (primary N) is 1. The van der Waals surface area contributed by atoms with Crippen molar-refractivity contribution in [2.75, 3.05) is 5.73 Å². The quantitative estimate of drug-likeness (QED) is 0.577. The van der Waals surface area contributed by atoms with Crippen LogP contribution in [0.2, 0.25) is 0 Å². The number of anilines is 1. The minimum atomic E-state index is 0.723. The fourth-order valence-corrected chi connectivity index (χ4v) is 3.79. The lowest BCUT2D eigenvalue weighted by Gasteiger charge is -2.05. The van der Waals surface area contributed by atoms with E-state index < -0.39 is 0 Å². The third-order valence-electron chi connectivity index (χ3n) is 2.79. The van der Waals surface area contributed by atoms with E-state index in [1.165, 1.54) is 11.8 Å². The van der Waals surface area contributed by atoms with Gasteiger partial charge in [0.2, 0.25) is 0 Å². The average Bonchev–Trinajstić information content (AvgIpc) is 2.67. The molecule has 0 saturated heterocycles. The van der Waals surface area contributed by atoms with Crippen molar-refractivity contribution in [2.45, 2.75) is 30.8 Å². The highest BCUT2D eigenvalue weighted by Crippen LogP contribution is 2.35. The van der Waals surface area contributed by atoms with E-state index in [-0.39, 0.29) is 0 Å². The summed E-state index contributed by atoms with van der Waals surface area (Å²) < 4.78 is 1.12. The van der Waals surface area contributed by atoms with E-state index in [9.17, 15) is 0 Å². The summed E-state index contributed by atoms with van der Waals surface area (Å²) in [6, 6.07) is 5.95. The highest BCUT2D eigenvalue weighted by molar-refractivity contribution is 7.99. The fraction of sp³-hybridized carbons (Fsp3) is 0.214. The Morgan fingerprint density at radius 3 is 2.40 bits per heavy atom. The first-order chi connectivity index (χ1) is 9.51. The standard InChI is InChI=1S/C14H14N4S2/c1-7-4-8(2)17-14(16-7)20-12-6-11-13(5-10(12)15)19-9(3)18-11/h4-6H,15H2,1-3H3. The van der Waals surface area contributed by atoms with Gasteiger partial charge in [0.05, 0.1) is 15.2 Å². The molecule has 2 N–H and O–H groups in total. The Balaban J connectivity index is 2.03. The molecular weight excluding hydrogens is 288 g/mol. The first-order valence-electron chi connectivity index (χ1n) is 6.18. The number of nitrogens with zero attached hydrogens (tertiary/aromatic N) is 3. The molecule has 0 saturated carbocycles. The Labute approximate surface area is 125 Å². The highest BCUT2D eigenvalue weighted by atomic mass is 32.2. The van der Waals surface area contributed by atoms with Gasteiger partial charge in [0.15, 0.2) is 5.16 Å². The van der Waals surface area contributed by atoms with Gasteiger partial charge in [-0.3, -0.25) is 0 Å². The Kier molecular flexibility index (Phi) is 3.35. The maximum absolute atomic E-state index is 6.12. The zero-order valence-electron chi connectivity index (χ0n) is 11.5. The van der Waals surface area contributed by atoms with Crippen molar-refractivity contribution in [3.63, 3.8) is 0 Å². The lowest BCUT2D eigenvalue weighted by molar-refractivity contribution is 0.902. The van der Waals surface area contributed by atoms with E-state index >= 15 is 0 Å². The highest BCUT2D eigenvalue weighted by Gasteiger charge is 2.10. The molecule has 0 aliphatic carbocycles. The third kappa shape index (κ3) is 2.62. The minimum Gasteiger partial charge on any atom is -0.398 e. The first kappa shape index (κ1) is 13.3. The second-order valence-electron chi connectivity index (χ2n) is 4.63. The summed E-state index contributed by atoms with van der Waals surface area (Å²) in [7, 11) is 0. The molecule has 0 unspecified atom stereocenters. The maximum atomic E-state index is 6.12. The number of rotatable bonds is 2. The molecule has 2 heterocycles. The van der Waals surface area contributed by atoms with Gasteiger partial charge in [-0.05, 0) is 50.7 Å². The van der Waals surface area contributed by atoms with Gasteiger partial charge < -0.3 is 5.73 Å². The second kappa shape index (κ2) is 5.03. The van der Waals surface area contributed by atoms with Gasteiger partial charge in [-0.15, -0.1) is 11.3 Å². The van der Waals surface area contributed by atoms with Gasteiger partial charge in [0.25, 0.3) is 0 Å². The van der Waals surface area contributed by atoms with Crippen LogP contribution < -0.4 is 5.73 Å². The molecule has 6 heteroatoms. The SMILES string of the molecule is Cc1cc(C)nc(Sc2cc3nc(C)sc3cc2N)n1. The zero-order chi connectivity index (χ0) is 14.3. The number of fused-ring (bicyclic) bond motifs is 1. The zero-order valence-corrected chi connectivity index (χ0v) is 13.1. The maximum Gasteiger partial charge on any atom is 0.192 e. The molecule has 0 fully saturated rings. The lowest BCUT2D eigenvalue weighted by Crippen LogP contribution is -1.94. The monoisotopic (exact) mass is 302 g/mol. The van der Waals surface area contributed by atoms with E-state index in [2.05, 4.69) is 15.0 Å². The van der Waals surface area contributed by atoms with E-state index in [0.717, 1.165) is 42.4 Å². The van der Waals surface area contributed by atoms with Gasteiger partial charge in [-0.25, -0.2) is 15.0 Å². The second-order valence-corrected chi connectivity index (χ2v) is 6.87. The molecule has 0 spiro atoms. The average molecular weight is 302 g/mol. The summed E-state index contributed by atoms with van der Waals surface area (Å²) in [5.41, 5.74) is 9.77. The van der Waals surface area contributed by atoms with Gasteiger partial charge in [-0.1, -0.05) is 0 Å². The molecule has 3 aromatic rings. The van der Waals surface area contributed by atoms with Crippen LogP contribution in [0.3, 0.4) is 0 Å². The number of aromatic nitrogens is 3.